The molecule has 2 aromatic heterocycles. The van der Waals surface area contributed by atoms with E-state index in [-0.39, 0.29) is 7.92 Å². The van der Waals surface area contributed by atoms with Crippen molar-refractivity contribution >= 4 is 26.8 Å². The highest BCUT2D eigenvalue weighted by atomic mass is 31.1. The first-order chi connectivity index (χ1) is 11.6. The van der Waals surface area contributed by atoms with E-state index in [9.17, 15) is 0 Å². The van der Waals surface area contributed by atoms with Crippen LogP contribution in [-0.2, 0) is 0 Å². The summed E-state index contributed by atoms with van der Waals surface area (Å²) in [5, 5.41) is 3.10. The highest BCUT2D eigenvalue weighted by molar-refractivity contribution is 7.77. The van der Waals surface area contributed by atoms with Crippen LogP contribution in [-0.4, -0.2) is 11.3 Å². The summed E-state index contributed by atoms with van der Waals surface area (Å²) in [5.41, 5.74) is 3.50. The number of furan rings is 2. The molecule has 0 aromatic carbocycles. The van der Waals surface area contributed by atoms with Crippen LogP contribution in [0, 0.1) is 0 Å². The Morgan fingerprint density at radius 1 is 1.04 bits per heavy atom. The van der Waals surface area contributed by atoms with Crippen LogP contribution in [0.15, 0.2) is 68.4 Å². The van der Waals surface area contributed by atoms with Crippen LogP contribution in [0.1, 0.15) is 40.5 Å². The Hall–Kier alpha value is -1.10. The van der Waals surface area contributed by atoms with Gasteiger partial charge in [0.1, 0.15) is 11.0 Å². The van der Waals surface area contributed by atoms with Crippen molar-refractivity contribution in [3.63, 3.8) is 0 Å². The Morgan fingerprint density at radius 2 is 1.67 bits per heavy atom. The largest absolute Gasteiger partial charge is 0.464 e. The van der Waals surface area contributed by atoms with Crippen molar-refractivity contribution in [2.45, 2.75) is 51.9 Å². The minimum Gasteiger partial charge on any atom is -0.464 e. The summed E-state index contributed by atoms with van der Waals surface area (Å²) in [6, 6.07) is 8.16. The predicted molar refractivity (Wildman–Crippen MR) is 106 cm³/mol. The quantitative estimate of drug-likeness (QED) is 0.552. The fraction of sp³-hybridized carbons (Fsp3) is 0.400. The van der Waals surface area contributed by atoms with Gasteiger partial charge in [-0.1, -0.05) is 47.8 Å². The molecule has 4 heteroatoms. The molecule has 0 saturated carbocycles. The summed E-state index contributed by atoms with van der Waals surface area (Å²) >= 11 is 0. The van der Waals surface area contributed by atoms with E-state index in [1.807, 2.05) is 12.1 Å². The number of rotatable bonds is 7. The first-order valence-electron chi connectivity index (χ1n) is 8.68. The van der Waals surface area contributed by atoms with Gasteiger partial charge in [0.2, 0.25) is 0 Å². The zero-order chi connectivity index (χ0) is 17.1. The average Bonchev–Trinajstić information content (AvgIpc) is 3.30. The van der Waals surface area contributed by atoms with Crippen LogP contribution in [0.25, 0.3) is 0 Å². The second-order valence-electron chi connectivity index (χ2n) is 6.43. The normalized spacial score (nSPS) is 17.2. The van der Waals surface area contributed by atoms with Gasteiger partial charge >= 0.3 is 0 Å². The van der Waals surface area contributed by atoms with E-state index in [2.05, 4.69) is 52.0 Å². The second-order valence-corrected chi connectivity index (χ2v) is 11.7. The molecule has 1 unspecified atom stereocenters. The van der Waals surface area contributed by atoms with Crippen molar-refractivity contribution in [1.29, 1.82) is 0 Å². The van der Waals surface area contributed by atoms with Gasteiger partial charge in [0.15, 0.2) is 0 Å². The van der Waals surface area contributed by atoms with Gasteiger partial charge in [-0.05, 0) is 59.1 Å². The SMILES string of the molecule is CC[C@H](C)P(C1=C(P(c2ccco2)c2ccco2)CC=C1)C(C)C. The summed E-state index contributed by atoms with van der Waals surface area (Å²) in [6.07, 6.45) is 10.5. The lowest BCUT2D eigenvalue weighted by Crippen LogP contribution is -2.12. The first-order valence-corrected chi connectivity index (χ1v) is 11.5. The van der Waals surface area contributed by atoms with E-state index in [1.54, 1.807) is 17.8 Å². The maximum atomic E-state index is 5.82. The van der Waals surface area contributed by atoms with Gasteiger partial charge < -0.3 is 8.83 Å². The van der Waals surface area contributed by atoms with E-state index >= 15 is 0 Å². The van der Waals surface area contributed by atoms with E-state index in [1.165, 1.54) is 11.7 Å². The molecule has 1 aliphatic rings. The van der Waals surface area contributed by atoms with Crippen molar-refractivity contribution in [3.8, 4) is 0 Å². The van der Waals surface area contributed by atoms with Crippen molar-refractivity contribution < 1.29 is 8.83 Å². The molecule has 0 radical (unpaired) electrons. The van der Waals surface area contributed by atoms with Crippen LogP contribution in [0.4, 0.5) is 0 Å². The minimum atomic E-state index is -0.704. The third kappa shape index (κ3) is 3.46. The monoisotopic (exact) mass is 360 g/mol. The Labute approximate surface area is 147 Å². The van der Waals surface area contributed by atoms with Gasteiger partial charge in [0.25, 0.3) is 0 Å². The maximum absolute atomic E-state index is 5.82. The lowest BCUT2D eigenvalue weighted by molar-refractivity contribution is 0.593. The molecule has 0 amide bonds. The molecule has 0 saturated heterocycles. The molecule has 0 fully saturated rings. The highest BCUT2D eigenvalue weighted by Crippen LogP contribution is 2.62. The van der Waals surface area contributed by atoms with Crippen LogP contribution in [0.2, 0.25) is 0 Å². The van der Waals surface area contributed by atoms with Gasteiger partial charge in [-0.2, -0.15) is 0 Å². The zero-order valence-electron chi connectivity index (χ0n) is 14.9. The van der Waals surface area contributed by atoms with Crippen LogP contribution >= 0.6 is 15.8 Å². The molecular weight excluding hydrogens is 334 g/mol. The van der Waals surface area contributed by atoms with Crippen molar-refractivity contribution in [2.24, 2.45) is 0 Å². The van der Waals surface area contributed by atoms with E-state index in [0.29, 0.717) is 5.66 Å². The average molecular weight is 360 g/mol. The second kappa shape index (κ2) is 7.85. The Kier molecular flexibility index (Phi) is 5.80. The topological polar surface area (TPSA) is 26.3 Å². The molecule has 0 bridgehead atoms. The van der Waals surface area contributed by atoms with Gasteiger partial charge in [-0.3, -0.25) is 0 Å². The number of allylic oxidation sites excluding steroid dienone is 4. The van der Waals surface area contributed by atoms with E-state index < -0.39 is 7.92 Å². The number of hydrogen-bond acceptors (Lipinski definition) is 2. The van der Waals surface area contributed by atoms with Gasteiger partial charge in [-0.15, -0.1) is 0 Å². The summed E-state index contributed by atoms with van der Waals surface area (Å²) in [6.45, 7) is 9.46. The van der Waals surface area contributed by atoms with Crippen LogP contribution in [0.3, 0.4) is 0 Å². The van der Waals surface area contributed by atoms with Crippen molar-refractivity contribution in [1.82, 2.24) is 0 Å². The first kappa shape index (κ1) is 17.7. The third-order valence-electron chi connectivity index (χ3n) is 4.51. The van der Waals surface area contributed by atoms with Crippen LogP contribution in [0.5, 0.6) is 0 Å². The molecule has 0 aliphatic heterocycles. The Morgan fingerprint density at radius 3 is 2.12 bits per heavy atom. The molecule has 2 atom stereocenters. The zero-order valence-corrected chi connectivity index (χ0v) is 16.7. The minimum absolute atomic E-state index is 0.180. The summed E-state index contributed by atoms with van der Waals surface area (Å²) in [7, 11) is -0.884. The molecule has 3 rings (SSSR count). The standard InChI is InChI=1S/C20H26O2P2/c1-5-16(4)23(15(2)3)17-9-6-10-18(17)24(19-11-7-13-21-19)20-12-8-14-22-20/h6-9,11-16H,5,10H2,1-4H3/t16-,23?/m0/s1. The third-order valence-corrected chi connectivity index (χ3v) is 10.4. The fourth-order valence-corrected chi connectivity index (χ4v) is 9.21. The molecule has 0 spiro atoms. The lowest BCUT2D eigenvalue weighted by Gasteiger charge is -2.30. The molecule has 24 heavy (non-hydrogen) atoms. The molecule has 1 aliphatic carbocycles. The van der Waals surface area contributed by atoms with E-state index in [0.717, 1.165) is 23.1 Å². The Bertz CT molecular complexity index is 662. The summed E-state index contributed by atoms with van der Waals surface area (Å²) in [5.74, 6) is 0. The molecule has 2 aromatic rings. The maximum Gasteiger partial charge on any atom is 0.137 e. The highest BCUT2D eigenvalue weighted by Gasteiger charge is 2.32. The molecule has 0 N–H and O–H groups in total. The van der Waals surface area contributed by atoms with Gasteiger partial charge in [0.05, 0.1) is 20.4 Å². The lowest BCUT2D eigenvalue weighted by atomic mass is 10.4. The van der Waals surface area contributed by atoms with Crippen molar-refractivity contribution in [2.75, 3.05) is 0 Å². The van der Waals surface area contributed by atoms with E-state index in [4.69, 9.17) is 8.83 Å². The van der Waals surface area contributed by atoms with Crippen LogP contribution < -0.4 is 11.0 Å². The smallest absolute Gasteiger partial charge is 0.137 e. The molecular formula is C20H26O2P2. The van der Waals surface area contributed by atoms with Gasteiger partial charge in [0, 0.05) is 0 Å². The fourth-order valence-electron chi connectivity index (χ4n) is 3.31. The molecule has 2 heterocycles. The summed E-state index contributed by atoms with van der Waals surface area (Å²) < 4.78 is 11.6. The van der Waals surface area contributed by atoms with Crippen molar-refractivity contribution in [3.05, 3.63) is 59.6 Å². The molecule has 128 valence electrons. The predicted octanol–water partition coefficient (Wildman–Crippen LogP) is 6.17. The summed E-state index contributed by atoms with van der Waals surface area (Å²) in [4.78, 5) is 0. The Balaban J connectivity index is 2.09. The van der Waals surface area contributed by atoms with Gasteiger partial charge in [-0.25, -0.2) is 0 Å². The molecule has 2 nitrogen and oxygen atoms in total. The number of hydrogen-bond donors (Lipinski definition) is 0.